The first-order valence-electron chi connectivity index (χ1n) is 15.3. The van der Waals surface area contributed by atoms with Gasteiger partial charge in [0.25, 0.3) is 0 Å². The van der Waals surface area contributed by atoms with Crippen LogP contribution >= 0.6 is 0 Å². The number of rotatable bonds is 5. The van der Waals surface area contributed by atoms with Crippen molar-refractivity contribution >= 4 is 32.3 Å². The zero-order valence-electron chi connectivity index (χ0n) is 24.8. The largest absolute Gasteiger partial charge is 0.265 e. The first-order chi connectivity index (χ1) is 22.8. The summed E-state index contributed by atoms with van der Waals surface area (Å²) in [5, 5.41) is 7.59. The van der Waals surface area contributed by atoms with Crippen LogP contribution in [0.1, 0.15) is 0 Å². The zero-order chi connectivity index (χ0) is 30.5. The molecule has 0 bridgehead atoms. The van der Waals surface area contributed by atoms with Gasteiger partial charge in [0.1, 0.15) is 6.33 Å². The second-order valence-electron chi connectivity index (χ2n) is 11.6. The third-order valence-corrected chi connectivity index (χ3v) is 9.03. The van der Waals surface area contributed by atoms with Gasteiger partial charge in [-0.2, -0.15) is 0 Å². The Balaban J connectivity index is 1.24. The molecule has 0 atom stereocenters. The zero-order valence-corrected chi connectivity index (χ0v) is 24.8. The van der Waals surface area contributed by atoms with Crippen molar-refractivity contribution in [1.29, 1.82) is 0 Å². The Labute approximate surface area is 266 Å². The molecule has 0 saturated heterocycles. The van der Waals surface area contributed by atoms with Crippen molar-refractivity contribution in [2.45, 2.75) is 0 Å². The van der Waals surface area contributed by atoms with E-state index in [2.05, 4.69) is 135 Å². The molecule has 46 heavy (non-hydrogen) atoms. The van der Waals surface area contributed by atoms with Crippen LogP contribution in [0, 0.1) is 0 Å². The standard InChI is InChI=1S/C42H26N4/c1-3-30(4-2-27(1)36-24-45-26-46-25-36)37-9-5-31-8-12-40-38(10-6-32-7-11-39(37)41(31)42(32)40)35-22-33(28-13-17-43-18-14-28)21-34(23-35)29-15-19-44-20-16-29/h1-26H. The number of aromatic nitrogens is 4. The Morgan fingerprint density at radius 1 is 0.304 bits per heavy atom. The number of benzene rings is 6. The molecule has 0 aliphatic carbocycles. The third kappa shape index (κ3) is 4.39. The summed E-state index contributed by atoms with van der Waals surface area (Å²) in [6.07, 6.45) is 12.7. The summed E-state index contributed by atoms with van der Waals surface area (Å²) in [4.78, 5) is 16.9. The molecular formula is C42H26N4. The van der Waals surface area contributed by atoms with Gasteiger partial charge in [0.05, 0.1) is 0 Å². The molecule has 0 aliphatic rings. The molecule has 4 heteroatoms. The molecule has 0 N–H and O–H groups in total. The number of hydrogen-bond donors (Lipinski definition) is 0. The summed E-state index contributed by atoms with van der Waals surface area (Å²) >= 11 is 0. The second-order valence-corrected chi connectivity index (χ2v) is 11.6. The molecule has 9 aromatic rings. The molecule has 6 aromatic carbocycles. The minimum atomic E-state index is 1.01. The fourth-order valence-electron chi connectivity index (χ4n) is 6.80. The highest BCUT2D eigenvalue weighted by molar-refractivity contribution is 6.27. The summed E-state index contributed by atoms with van der Waals surface area (Å²) in [7, 11) is 0. The molecule has 0 aliphatic heterocycles. The fourth-order valence-corrected chi connectivity index (χ4v) is 6.80. The van der Waals surface area contributed by atoms with Crippen molar-refractivity contribution in [3.8, 4) is 55.6 Å². The topological polar surface area (TPSA) is 51.6 Å². The van der Waals surface area contributed by atoms with Gasteiger partial charge in [0.15, 0.2) is 0 Å². The maximum absolute atomic E-state index is 4.25. The molecule has 214 valence electrons. The lowest BCUT2D eigenvalue weighted by atomic mass is 9.86. The van der Waals surface area contributed by atoms with E-state index >= 15 is 0 Å². The average Bonchev–Trinajstić information content (AvgIpc) is 3.14. The average molecular weight is 587 g/mol. The predicted octanol–water partition coefficient (Wildman–Crippen LogP) is 10.5. The first kappa shape index (κ1) is 26.2. The van der Waals surface area contributed by atoms with E-state index < -0.39 is 0 Å². The summed E-state index contributed by atoms with van der Waals surface area (Å²) in [6.45, 7) is 0. The van der Waals surface area contributed by atoms with Gasteiger partial charge >= 0.3 is 0 Å². The van der Waals surface area contributed by atoms with Gasteiger partial charge in [-0.3, -0.25) is 9.97 Å². The molecule has 3 heterocycles. The van der Waals surface area contributed by atoms with E-state index in [4.69, 9.17) is 0 Å². The van der Waals surface area contributed by atoms with Gasteiger partial charge < -0.3 is 0 Å². The summed E-state index contributed by atoms with van der Waals surface area (Å²) in [5.41, 5.74) is 11.5. The molecule has 3 aromatic heterocycles. The Hall–Kier alpha value is -6.26. The van der Waals surface area contributed by atoms with E-state index in [1.54, 1.807) is 6.33 Å². The minimum Gasteiger partial charge on any atom is -0.265 e. The van der Waals surface area contributed by atoms with Crippen molar-refractivity contribution in [1.82, 2.24) is 19.9 Å². The summed E-state index contributed by atoms with van der Waals surface area (Å²) in [5.74, 6) is 0. The van der Waals surface area contributed by atoms with Crippen molar-refractivity contribution in [3.63, 3.8) is 0 Å². The smallest absolute Gasteiger partial charge is 0.115 e. The van der Waals surface area contributed by atoms with Crippen LogP contribution in [-0.2, 0) is 0 Å². The number of hydrogen-bond acceptors (Lipinski definition) is 4. The molecule has 0 spiro atoms. The molecule has 0 amide bonds. The first-order valence-corrected chi connectivity index (χ1v) is 15.3. The van der Waals surface area contributed by atoms with Crippen molar-refractivity contribution in [3.05, 3.63) is 159 Å². The predicted molar refractivity (Wildman–Crippen MR) is 189 cm³/mol. The minimum absolute atomic E-state index is 1.01. The van der Waals surface area contributed by atoms with Crippen LogP contribution in [0.5, 0.6) is 0 Å². The van der Waals surface area contributed by atoms with Crippen LogP contribution in [0.25, 0.3) is 88.0 Å². The lowest BCUT2D eigenvalue weighted by Gasteiger charge is -2.17. The van der Waals surface area contributed by atoms with Gasteiger partial charge in [-0.25, -0.2) is 9.97 Å². The maximum Gasteiger partial charge on any atom is 0.115 e. The van der Waals surface area contributed by atoms with Crippen molar-refractivity contribution in [2.75, 3.05) is 0 Å². The van der Waals surface area contributed by atoms with E-state index in [9.17, 15) is 0 Å². The molecule has 9 rings (SSSR count). The maximum atomic E-state index is 4.25. The fraction of sp³-hybridized carbons (Fsp3) is 0. The SMILES string of the molecule is c1cc(-c2cc(-c3ccncc3)cc(-c3ccc4ccc5c(-c6ccc(-c7cncnc7)cc6)ccc6ccc3c4c65)c2)ccn1. The van der Waals surface area contributed by atoms with Gasteiger partial charge in [-0.1, -0.05) is 72.8 Å². The van der Waals surface area contributed by atoms with Gasteiger partial charge in [-0.05, 0) is 125 Å². The van der Waals surface area contributed by atoms with Crippen molar-refractivity contribution < 1.29 is 0 Å². The van der Waals surface area contributed by atoms with Crippen LogP contribution < -0.4 is 0 Å². The summed E-state index contributed by atoms with van der Waals surface area (Å²) in [6, 6.07) is 42.0. The Morgan fingerprint density at radius 3 is 1.28 bits per heavy atom. The molecule has 0 unspecified atom stereocenters. The van der Waals surface area contributed by atoms with Crippen LogP contribution in [0.3, 0.4) is 0 Å². The van der Waals surface area contributed by atoms with E-state index in [1.807, 2.05) is 37.2 Å². The van der Waals surface area contributed by atoms with Gasteiger partial charge in [0.2, 0.25) is 0 Å². The highest BCUT2D eigenvalue weighted by Crippen LogP contribution is 2.43. The highest BCUT2D eigenvalue weighted by Gasteiger charge is 2.16. The van der Waals surface area contributed by atoms with Gasteiger partial charge in [0, 0.05) is 42.7 Å². The number of pyridine rings is 2. The lowest BCUT2D eigenvalue weighted by Crippen LogP contribution is -1.91. The molecular weight excluding hydrogens is 560 g/mol. The number of nitrogens with zero attached hydrogens (tertiary/aromatic N) is 4. The Bertz CT molecular complexity index is 2430. The van der Waals surface area contributed by atoms with Crippen LogP contribution in [-0.4, -0.2) is 19.9 Å². The van der Waals surface area contributed by atoms with Crippen LogP contribution in [0.2, 0.25) is 0 Å². The highest BCUT2D eigenvalue weighted by atomic mass is 14.8. The molecule has 0 saturated carbocycles. The lowest BCUT2D eigenvalue weighted by molar-refractivity contribution is 1.17. The normalized spacial score (nSPS) is 11.5. The van der Waals surface area contributed by atoms with Crippen molar-refractivity contribution in [2.24, 2.45) is 0 Å². The summed E-state index contributed by atoms with van der Waals surface area (Å²) < 4.78 is 0. The second kappa shape index (κ2) is 10.7. The molecule has 0 fully saturated rings. The van der Waals surface area contributed by atoms with E-state index in [-0.39, 0.29) is 0 Å². The van der Waals surface area contributed by atoms with Crippen LogP contribution in [0.15, 0.2) is 159 Å². The van der Waals surface area contributed by atoms with Gasteiger partial charge in [-0.15, -0.1) is 0 Å². The Morgan fingerprint density at radius 2 is 0.739 bits per heavy atom. The Kier molecular flexibility index (Phi) is 6.10. The quantitative estimate of drug-likeness (QED) is 0.188. The molecule has 4 nitrogen and oxygen atoms in total. The van der Waals surface area contributed by atoms with E-state index in [0.29, 0.717) is 0 Å². The van der Waals surface area contributed by atoms with Crippen LogP contribution in [0.4, 0.5) is 0 Å². The van der Waals surface area contributed by atoms with E-state index in [0.717, 1.165) is 33.4 Å². The van der Waals surface area contributed by atoms with E-state index in [1.165, 1.54) is 54.6 Å². The monoisotopic (exact) mass is 586 g/mol. The molecule has 0 radical (unpaired) electrons. The third-order valence-electron chi connectivity index (χ3n) is 9.03.